The predicted octanol–water partition coefficient (Wildman–Crippen LogP) is 3.78. The molecule has 2 aliphatic heterocycles. The molecule has 2 fully saturated rings. The Labute approximate surface area is 126 Å². The third kappa shape index (κ3) is 2.89. The molecule has 2 atom stereocenters. The van der Waals surface area contributed by atoms with Crippen LogP contribution in [0.5, 0.6) is 5.75 Å². The quantitative estimate of drug-likeness (QED) is 0.894. The molecule has 0 spiro atoms. The van der Waals surface area contributed by atoms with E-state index >= 15 is 0 Å². The van der Waals surface area contributed by atoms with Gasteiger partial charge in [0, 0.05) is 24.3 Å². The van der Waals surface area contributed by atoms with Crippen LogP contribution >= 0.6 is 11.6 Å². The molecule has 1 aromatic carbocycles. The highest BCUT2D eigenvalue weighted by atomic mass is 35.5. The number of halogens is 1. The molecule has 4 heteroatoms. The molecular weight excluding hydrogens is 272 g/mol. The summed E-state index contributed by atoms with van der Waals surface area (Å²) in [4.78, 5) is 2.61. The van der Waals surface area contributed by atoms with Gasteiger partial charge in [-0.15, -0.1) is 0 Å². The number of rotatable bonds is 5. The summed E-state index contributed by atoms with van der Waals surface area (Å²) < 4.78 is 5.61. The van der Waals surface area contributed by atoms with Crippen LogP contribution in [0.4, 0.5) is 5.69 Å². The van der Waals surface area contributed by atoms with Crippen LogP contribution in [0.25, 0.3) is 0 Å². The van der Waals surface area contributed by atoms with Crippen molar-refractivity contribution in [1.29, 1.82) is 0 Å². The summed E-state index contributed by atoms with van der Waals surface area (Å²) >= 11 is 6.29. The molecule has 2 saturated heterocycles. The minimum Gasteiger partial charge on any atom is -0.492 e. The van der Waals surface area contributed by atoms with E-state index in [0.717, 1.165) is 17.9 Å². The van der Waals surface area contributed by atoms with Crippen molar-refractivity contribution in [2.24, 2.45) is 0 Å². The summed E-state index contributed by atoms with van der Waals surface area (Å²) in [6.07, 6.45) is 4.89. The molecule has 0 aliphatic carbocycles. The third-order valence-corrected chi connectivity index (χ3v) is 4.65. The standard InChI is InChI=1S/C16H23ClN2O/c1-2-10-20-16-6-5-12(11-13(16)17)18-14-7-9-19-8-3-4-15(14)19/h5-6,11,14-15,18H,2-4,7-10H2,1H3. The number of hydrogen-bond donors (Lipinski definition) is 1. The number of benzene rings is 1. The molecular formula is C16H23ClN2O. The van der Waals surface area contributed by atoms with Crippen molar-refractivity contribution in [2.45, 2.75) is 44.7 Å². The third-order valence-electron chi connectivity index (χ3n) is 4.35. The van der Waals surface area contributed by atoms with Gasteiger partial charge in [0.25, 0.3) is 0 Å². The predicted molar refractivity (Wildman–Crippen MR) is 83.9 cm³/mol. The molecule has 3 rings (SSSR count). The van der Waals surface area contributed by atoms with Gasteiger partial charge in [0.05, 0.1) is 11.6 Å². The Balaban J connectivity index is 1.64. The Morgan fingerprint density at radius 1 is 1.35 bits per heavy atom. The Morgan fingerprint density at radius 3 is 3.05 bits per heavy atom. The van der Waals surface area contributed by atoms with Crippen molar-refractivity contribution in [1.82, 2.24) is 4.90 Å². The molecule has 20 heavy (non-hydrogen) atoms. The van der Waals surface area contributed by atoms with Crippen LogP contribution in [0.15, 0.2) is 18.2 Å². The van der Waals surface area contributed by atoms with E-state index in [1.807, 2.05) is 12.1 Å². The lowest BCUT2D eigenvalue weighted by molar-refractivity contribution is 0.317. The number of hydrogen-bond acceptors (Lipinski definition) is 3. The van der Waals surface area contributed by atoms with Crippen molar-refractivity contribution < 1.29 is 4.74 Å². The first-order valence-corrected chi connectivity index (χ1v) is 8.08. The molecule has 110 valence electrons. The monoisotopic (exact) mass is 294 g/mol. The first-order valence-electron chi connectivity index (χ1n) is 7.71. The van der Waals surface area contributed by atoms with Crippen molar-refractivity contribution in [3.8, 4) is 5.75 Å². The summed E-state index contributed by atoms with van der Waals surface area (Å²) in [5.41, 5.74) is 1.11. The lowest BCUT2D eigenvalue weighted by Gasteiger charge is -2.22. The molecule has 0 amide bonds. The highest BCUT2D eigenvalue weighted by molar-refractivity contribution is 6.32. The summed E-state index contributed by atoms with van der Waals surface area (Å²) in [7, 11) is 0. The van der Waals surface area contributed by atoms with Crippen molar-refractivity contribution in [2.75, 3.05) is 25.0 Å². The second-order valence-corrected chi connectivity index (χ2v) is 6.19. The highest BCUT2D eigenvalue weighted by Gasteiger charge is 2.36. The van der Waals surface area contributed by atoms with Gasteiger partial charge in [-0.05, 0) is 50.4 Å². The maximum Gasteiger partial charge on any atom is 0.138 e. The van der Waals surface area contributed by atoms with Gasteiger partial charge in [0.15, 0.2) is 0 Å². The van der Waals surface area contributed by atoms with Crippen LogP contribution in [0, 0.1) is 0 Å². The summed E-state index contributed by atoms with van der Waals surface area (Å²) in [6.45, 7) is 5.31. The summed E-state index contributed by atoms with van der Waals surface area (Å²) in [5, 5.41) is 4.35. The molecule has 2 unspecified atom stereocenters. The largest absolute Gasteiger partial charge is 0.492 e. The number of fused-ring (bicyclic) bond motifs is 1. The second-order valence-electron chi connectivity index (χ2n) is 5.78. The fraction of sp³-hybridized carbons (Fsp3) is 0.625. The van der Waals surface area contributed by atoms with Crippen LogP contribution in [0.2, 0.25) is 5.02 Å². The van der Waals surface area contributed by atoms with E-state index in [1.165, 1.54) is 32.4 Å². The van der Waals surface area contributed by atoms with Crippen molar-refractivity contribution in [3.63, 3.8) is 0 Å². The van der Waals surface area contributed by atoms with Crippen LogP contribution in [-0.2, 0) is 0 Å². The first-order chi connectivity index (χ1) is 9.78. The van der Waals surface area contributed by atoms with E-state index in [9.17, 15) is 0 Å². The lowest BCUT2D eigenvalue weighted by Crippen LogP contribution is -2.33. The van der Waals surface area contributed by atoms with Gasteiger partial charge >= 0.3 is 0 Å². The van der Waals surface area contributed by atoms with Gasteiger partial charge in [-0.3, -0.25) is 4.90 Å². The fourth-order valence-electron chi connectivity index (χ4n) is 3.38. The summed E-state index contributed by atoms with van der Waals surface area (Å²) in [6, 6.07) is 7.32. The van der Waals surface area contributed by atoms with Gasteiger partial charge in [-0.1, -0.05) is 18.5 Å². The molecule has 2 aliphatic rings. The maximum atomic E-state index is 6.29. The zero-order chi connectivity index (χ0) is 13.9. The van der Waals surface area contributed by atoms with E-state index in [-0.39, 0.29) is 0 Å². The SMILES string of the molecule is CCCOc1ccc(NC2CCN3CCCC23)cc1Cl. The Kier molecular flexibility index (Phi) is 4.37. The van der Waals surface area contributed by atoms with Crippen LogP contribution < -0.4 is 10.1 Å². The first kappa shape index (κ1) is 14.0. The van der Waals surface area contributed by atoms with E-state index in [0.29, 0.717) is 23.7 Å². The zero-order valence-electron chi connectivity index (χ0n) is 12.1. The van der Waals surface area contributed by atoms with Crippen molar-refractivity contribution in [3.05, 3.63) is 23.2 Å². The van der Waals surface area contributed by atoms with Gasteiger partial charge < -0.3 is 10.1 Å². The average Bonchev–Trinajstić information content (AvgIpc) is 3.03. The smallest absolute Gasteiger partial charge is 0.138 e. The average molecular weight is 295 g/mol. The van der Waals surface area contributed by atoms with E-state index in [1.54, 1.807) is 0 Å². The Hall–Kier alpha value is -0.930. The van der Waals surface area contributed by atoms with Gasteiger partial charge in [-0.25, -0.2) is 0 Å². The van der Waals surface area contributed by atoms with Crippen molar-refractivity contribution >= 4 is 17.3 Å². The molecule has 3 nitrogen and oxygen atoms in total. The zero-order valence-corrected chi connectivity index (χ0v) is 12.8. The van der Waals surface area contributed by atoms with E-state index in [2.05, 4.69) is 23.2 Å². The number of nitrogens with zero attached hydrogens (tertiary/aromatic N) is 1. The number of nitrogens with one attached hydrogen (secondary N) is 1. The Bertz CT molecular complexity index is 466. The maximum absolute atomic E-state index is 6.29. The normalized spacial score (nSPS) is 25.7. The van der Waals surface area contributed by atoms with Crippen LogP contribution in [-0.4, -0.2) is 36.7 Å². The molecule has 0 bridgehead atoms. The summed E-state index contributed by atoms with van der Waals surface area (Å²) in [5.74, 6) is 0.785. The van der Waals surface area contributed by atoms with Crippen LogP contribution in [0.3, 0.4) is 0 Å². The van der Waals surface area contributed by atoms with Gasteiger partial charge in [0.1, 0.15) is 5.75 Å². The molecule has 1 aromatic rings. The van der Waals surface area contributed by atoms with E-state index in [4.69, 9.17) is 16.3 Å². The molecule has 2 heterocycles. The molecule has 0 aromatic heterocycles. The second kappa shape index (κ2) is 6.23. The highest BCUT2D eigenvalue weighted by Crippen LogP contribution is 2.32. The van der Waals surface area contributed by atoms with E-state index < -0.39 is 0 Å². The fourth-order valence-corrected chi connectivity index (χ4v) is 3.62. The minimum atomic E-state index is 0.566. The number of anilines is 1. The van der Waals surface area contributed by atoms with Gasteiger partial charge in [0.2, 0.25) is 0 Å². The lowest BCUT2D eigenvalue weighted by atomic mass is 10.1. The Morgan fingerprint density at radius 2 is 2.25 bits per heavy atom. The molecule has 0 radical (unpaired) electrons. The van der Waals surface area contributed by atoms with Gasteiger partial charge in [-0.2, -0.15) is 0 Å². The topological polar surface area (TPSA) is 24.5 Å². The molecule has 1 N–H and O–H groups in total. The molecule has 0 saturated carbocycles. The minimum absolute atomic E-state index is 0.566. The number of ether oxygens (including phenoxy) is 1. The van der Waals surface area contributed by atoms with Crippen LogP contribution in [0.1, 0.15) is 32.6 Å².